The maximum Gasteiger partial charge on any atom is 0.271 e. The molecule has 4 atom stereocenters. The highest BCUT2D eigenvalue weighted by atomic mass is 16.6. The number of hydrogen-bond acceptors (Lipinski definition) is 7. The van der Waals surface area contributed by atoms with Crippen LogP contribution in [0, 0.1) is 0 Å². The van der Waals surface area contributed by atoms with Gasteiger partial charge in [0.2, 0.25) is 0 Å². The number of ether oxygens (including phenoxy) is 1. The van der Waals surface area contributed by atoms with Crippen molar-refractivity contribution in [2.24, 2.45) is 5.73 Å². The predicted octanol–water partition coefficient (Wildman–Crippen LogP) is -2.43. The highest BCUT2D eigenvalue weighted by molar-refractivity contribution is 5.95. The van der Waals surface area contributed by atoms with E-state index in [0.717, 1.165) is 0 Å². The van der Waals surface area contributed by atoms with E-state index in [1.807, 2.05) is 0 Å². The second kappa shape index (κ2) is 4.46. The first-order valence-electron chi connectivity index (χ1n) is 5.59. The summed E-state index contributed by atoms with van der Waals surface area (Å²) in [5.74, 6) is -0.892. The molecule has 0 aliphatic carbocycles. The summed E-state index contributed by atoms with van der Waals surface area (Å²) in [6, 6.07) is 0. The Morgan fingerprint density at radius 3 is 2.74 bits per heavy atom. The van der Waals surface area contributed by atoms with E-state index in [2.05, 4.69) is 4.98 Å². The molecule has 1 amide bonds. The molecular weight excluding hydrogens is 256 g/mol. The highest BCUT2D eigenvalue weighted by Gasteiger charge is 2.53. The van der Waals surface area contributed by atoms with Crippen LogP contribution in [0.15, 0.2) is 6.33 Å². The second-order valence-corrected chi connectivity index (χ2v) is 4.63. The Labute approximate surface area is 108 Å². The molecule has 0 spiro atoms. The van der Waals surface area contributed by atoms with Crippen molar-refractivity contribution in [2.75, 3.05) is 12.3 Å². The quantitative estimate of drug-likeness (QED) is 0.409. The number of amides is 1. The van der Waals surface area contributed by atoms with Crippen LogP contribution in [0.25, 0.3) is 0 Å². The molecule has 1 aromatic heterocycles. The lowest BCUT2D eigenvalue weighted by atomic mass is 9.96. The lowest BCUT2D eigenvalue weighted by molar-refractivity contribution is -0.0957. The largest absolute Gasteiger partial charge is 0.394 e. The van der Waals surface area contributed by atoms with Crippen molar-refractivity contribution < 1.29 is 24.9 Å². The van der Waals surface area contributed by atoms with Gasteiger partial charge in [-0.1, -0.05) is 0 Å². The summed E-state index contributed by atoms with van der Waals surface area (Å²) in [7, 11) is 0. The van der Waals surface area contributed by atoms with E-state index in [9.17, 15) is 15.0 Å². The Hall–Kier alpha value is -1.68. The van der Waals surface area contributed by atoms with Gasteiger partial charge in [-0.25, -0.2) is 4.98 Å². The van der Waals surface area contributed by atoms with Gasteiger partial charge < -0.3 is 31.5 Å². The molecule has 1 aliphatic heterocycles. The summed E-state index contributed by atoms with van der Waals surface area (Å²) >= 11 is 0. The van der Waals surface area contributed by atoms with Gasteiger partial charge in [0, 0.05) is 0 Å². The topological polar surface area (TPSA) is 157 Å². The van der Waals surface area contributed by atoms with Crippen molar-refractivity contribution >= 4 is 11.7 Å². The maximum atomic E-state index is 11.1. The summed E-state index contributed by atoms with van der Waals surface area (Å²) in [4.78, 5) is 14.8. The molecule has 1 saturated heterocycles. The van der Waals surface area contributed by atoms with Gasteiger partial charge in [-0.05, 0) is 6.92 Å². The second-order valence-electron chi connectivity index (χ2n) is 4.63. The van der Waals surface area contributed by atoms with E-state index < -0.39 is 36.6 Å². The minimum absolute atomic E-state index is 0.0800. The number of imidazole rings is 1. The molecule has 106 valence electrons. The average Bonchev–Trinajstić information content (AvgIpc) is 2.80. The number of aromatic nitrogens is 2. The zero-order chi connectivity index (χ0) is 14.4. The fourth-order valence-corrected chi connectivity index (χ4v) is 2.14. The molecule has 0 radical (unpaired) electrons. The van der Waals surface area contributed by atoms with Gasteiger partial charge in [0.05, 0.1) is 12.9 Å². The monoisotopic (exact) mass is 272 g/mol. The van der Waals surface area contributed by atoms with Crippen LogP contribution >= 0.6 is 0 Å². The molecule has 0 saturated carbocycles. The van der Waals surface area contributed by atoms with E-state index in [4.69, 9.17) is 21.3 Å². The Bertz CT molecular complexity index is 500. The zero-order valence-corrected chi connectivity index (χ0v) is 10.2. The van der Waals surface area contributed by atoms with E-state index in [1.165, 1.54) is 17.8 Å². The van der Waals surface area contributed by atoms with Crippen LogP contribution < -0.4 is 11.5 Å². The smallest absolute Gasteiger partial charge is 0.271 e. The summed E-state index contributed by atoms with van der Waals surface area (Å²) in [5, 5.41) is 29.2. The van der Waals surface area contributed by atoms with Crippen molar-refractivity contribution in [2.45, 2.75) is 31.0 Å². The molecule has 0 aromatic carbocycles. The van der Waals surface area contributed by atoms with Crippen LogP contribution in [0.5, 0.6) is 0 Å². The fraction of sp³-hybridized carbons (Fsp3) is 0.600. The molecule has 2 heterocycles. The first-order valence-corrected chi connectivity index (χ1v) is 5.59. The van der Waals surface area contributed by atoms with E-state index >= 15 is 0 Å². The molecular formula is C10H16N4O5. The molecule has 0 bridgehead atoms. The van der Waals surface area contributed by atoms with Gasteiger partial charge in [0.1, 0.15) is 23.6 Å². The predicted molar refractivity (Wildman–Crippen MR) is 62.8 cm³/mol. The van der Waals surface area contributed by atoms with Gasteiger partial charge >= 0.3 is 0 Å². The zero-order valence-electron chi connectivity index (χ0n) is 10.2. The fourth-order valence-electron chi connectivity index (χ4n) is 2.14. The number of nitrogens with two attached hydrogens (primary N) is 2. The van der Waals surface area contributed by atoms with Gasteiger partial charge in [-0.3, -0.25) is 9.36 Å². The van der Waals surface area contributed by atoms with E-state index in [-0.39, 0.29) is 11.5 Å². The standard InChI is InChI=1S/C10H16N4O5/c1-10(18)6(16)4(2-15)19-9(10)14-3-13-5(7(14)11)8(12)17/h3-4,6,9,15-16,18H,2,11H2,1H3,(H2,12,17). The number of anilines is 1. The number of aliphatic hydroxyl groups excluding tert-OH is 2. The molecule has 9 nitrogen and oxygen atoms in total. The SMILES string of the molecule is CC1(O)C(O)C(CO)OC1n1cnc(C(N)=O)c1N. The van der Waals surface area contributed by atoms with Crippen LogP contribution in [0.3, 0.4) is 0 Å². The molecule has 1 fully saturated rings. The number of carbonyl (C=O) groups excluding carboxylic acids is 1. The van der Waals surface area contributed by atoms with Gasteiger partial charge in [-0.15, -0.1) is 0 Å². The number of rotatable bonds is 3. The van der Waals surface area contributed by atoms with Gasteiger partial charge in [-0.2, -0.15) is 0 Å². The first kappa shape index (κ1) is 13.7. The summed E-state index contributed by atoms with van der Waals surface area (Å²) in [6.45, 7) is 0.868. The van der Waals surface area contributed by atoms with Crippen LogP contribution in [-0.4, -0.2) is 55.2 Å². The van der Waals surface area contributed by atoms with E-state index in [1.54, 1.807) is 0 Å². The van der Waals surface area contributed by atoms with Crippen LogP contribution in [0.4, 0.5) is 5.82 Å². The van der Waals surface area contributed by atoms with Crippen LogP contribution in [0.1, 0.15) is 23.6 Å². The van der Waals surface area contributed by atoms with Gasteiger partial charge in [0.15, 0.2) is 11.9 Å². The Morgan fingerprint density at radius 1 is 1.68 bits per heavy atom. The van der Waals surface area contributed by atoms with Crippen molar-refractivity contribution in [1.82, 2.24) is 9.55 Å². The van der Waals surface area contributed by atoms with Crippen LogP contribution in [0.2, 0.25) is 0 Å². The molecule has 7 N–H and O–H groups in total. The van der Waals surface area contributed by atoms with Crippen LogP contribution in [-0.2, 0) is 4.74 Å². The minimum atomic E-state index is -1.70. The molecule has 4 unspecified atom stereocenters. The average molecular weight is 272 g/mol. The van der Waals surface area contributed by atoms with Crippen molar-refractivity contribution in [1.29, 1.82) is 0 Å². The minimum Gasteiger partial charge on any atom is -0.394 e. The number of primary amides is 1. The summed E-state index contributed by atoms with van der Waals surface area (Å²) in [5.41, 5.74) is 8.94. The third kappa shape index (κ3) is 1.96. The molecule has 1 aromatic rings. The van der Waals surface area contributed by atoms with Crippen molar-refractivity contribution in [3.63, 3.8) is 0 Å². The lowest BCUT2D eigenvalue weighted by Crippen LogP contribution is -2.44. The first-order chi connectivity index (χ1) is 8.80. The molecule has 19 heavy (non-hydrogen) atoms. The number of carbonyl (C=O) groups is 1. The van der Waals surface area contributed by atoms with E-state index in [0.29, 0.717) is 0 Å². The van der Waals surface area contributed by atoms with Gasteiger partial charge in [0.25, 0.3) is 5.91 Å². The Balaban J connectivity index is 2.40. The third-order valence-corrected chi connectivity index (χ3v) is 3.25. The number of nitrogens with zero attached hydrogens (tertiary/aromatic N) is 2. The summed E-state index contributed by atoms with van der Waals surface area (Å²) < 4.78 is 6.53. The summed E-state index contributed by atoms with van der Waals surface area (Å²) in [6.07, 6.45) is -2.17. The lowest BCUT2D eigenvalue weighted by Gasteiger charge is -2.27. The molecule has 2 rings (SSSR count). The number of nitrogen functional groups attached to an aromatic ring is 1. The Kier molecular flexibility index (Phi) is 3.22. The van der Waals surface area contributed by atoms with Crippen molar-refractivity contribution in [3.05, 3.63) is 12.0 Å². The molecule has 9 heteroatoms. The highest BCUT2D eigenvalue weighted by Crippen LogP contribution is 2.39. The number of hydrogen-bond donors (Lipinski definition) is 5. The maximum absolute atomic E-state index is 11.1. The number of aliphatic hydroxyl groups is 3. The molecule has 1 aliphatic rings. The third-order valence-electron chi connectivity index (χ3n) is 3.25. The normalized spacial score (nSPS) is 34.6. The van der Waals surface area contributed by atoms with Crippen molar-refractivity contribution in [3.8, 4) is 0 Å². The Morgan fingerprint density at radius 2 is 2.32 bits per heavy atom.